The molecule has 0 fully saturated rings. The molecular weight excluding hydrogens is 485 g/mol. The Hall–Kier alpha value is -3.14. The summed E-state index contributed by atoms with van der Waals surface area (Å²) in [4.78, 5) is 28.2. The number of benzene rings is 2. The molecule has 1 N–H and O–H groups in total. The first kappa shape index (κ1) is 29.1. The number of hydrogen-bond donors (Lipinski definition) is 1. The molecule has 0 aliphatic heterocycles. The fourth-order valence-corrected chi connectivity index (χ4v) is 4.54. The number of hydrogen-bond acceptors (Lipinski definition) is 5. The Kier molecular flexibility index (Phi) is 10.7. The zero-order chi connectivity index (χ0) is 26.9. The van der Waals surface area contributed by atoms with E-state index in [1.807, 2.05) is 13.8 Å². The molecule has 0 bridgehead atoms. The van der Waals surface area contributed by atoms with Crippen molar-refractivity contribution in [2.24, 2.45) is 0 Å². The molecule has 2 atom stereocenters. The van der Waals surface area contributed by atoms with Gasteiger partial charge in [0.25, 0.3) is 0 Å². The second kappa shape index (κ2) is 13.2. The molecule has 0 unspecified atom stereocenters. The van der Waals surface area contributed by atoms with Crippen LogP contribution in [0.5, 0.6) is 5.75 Å². The van der Waals surface area contributed by atoms with Gasteiger partial charge in [-0.2, -0.15) is 0 Å². The number of rotatable bonds is 13. The monoisotopic (exact) mass is 521 g/mol. The van der Waals surface area contributed by atoms with Crippen molar-refractivity contribution < 1.29 is 27.1 Å². The standard InChI is InChI=1S/C26H36FN3O5S/c1-6-19(4)28-26(32)22(7-2)29(17-20-13-15-21(27)16-14-20)25(31)18-30(36(5,33)34)23-11-9-10-12-24(23)35-8-3/h9-16,19,22H,6-8,17-18H2,1-5H3,(H,28,32)/t19-,22+/m0/s1. The second-order valence-corrected chi connectivity index (χ2v) is 10.5. The molecule has 198 valence electrons. The van der Waals surface area contributed by atoms with Gasteiger partial charge < -0.3 is 15.0 Å². The predicted molar refractivity (Wildman–Crippen MR) is 139 cm³/mol. The van der Waals surface area contributed by atoms with Crippen LogP contribution in [-0.4, -0.2) is 56.6 Å². The highest BCUT2D eigenvalue weighted by atomic mass is 32.2. The second-order valence-electron chi connectivity index (χ2n) is 8.56. The van der Waals surface area contributed by atoms with Crippen molar-refractivity contribution in [2.45, 2.75) is 59.2 Å². The molecule has 0 saturated carbocycles. The molecule has 36 heavy (non-hydrogen) atoms. The molecule has 0 saturated heterocycles. The highest BCUT2D eigenvalue weighted by molar-refractivity contribution is 7.92. The van der Waals surface area contributed by atoms with E-state index in [2.05, 4.69) is 5.32 Å². The first-order valence-electron chi connectivity index (χ1n) is 12.1. The Labute approximate surface area is 213 Å². The fraction of sp³-hybridized carbons (Fsp3) is 0.462. The molecule has 0 aliphatic carbocycles. The first-order valence-corrected chi connectivity index (χ1v) is 13.9. The van der Waals surface area contributed by atoms with Crippen molar-refractivity contribution >= 4 is 27.5 Å². The summed E-state index contributed by atoms with van der Waals surface area (Å²) in [6, 6.07) is 11.2. The summed E-state index contributed by atoms with van der Waals surface area (Å²) >= 11 is 0. The quantitative estimate of drug-likeness (QED) is 0.434. The summed E-state index contributed by atoms with van der Waals surface area (Å²) in [5, 5.41) is 2.91. The zero-order valence-corrected chi connectivity index (χ0v) is 22.3. The average molecular weight is 522 g/mol. The van der Waals surface area contributed by atoms with Crippen LogP contribution in [0.3, 0.4) is 0 Å². The fourth-order valence-electron chi connectivity index (χ4n) is 3.68. The van der Waals surface area contributed by atoms with Crippen molar-refractivity contribution in [3.63, 3.8) is 0 Å². The Morgan fingerprint density at radius 3 is 2.22 bits per heavy atom. The summed E-state index contributed by atoms with van der Waals surface area (Å²) in [6.07, 6.45) is 2.04. The van der Waals surface area contributed by atoms with Gasteiger partial charge in [-0.05, 0) is 56.5 Å². The number of carbonyl (C=O) groups is 2. The third-order valence-electron chi connectivity index (χ3n) is 5.77. The third-order valence-corrected chi connectivity index (χ3v) is 6.89. The number of halogens is 1. The van der Waals surface area contributed by atoms with E-state index in [9.17, 15) is 22.4 Å². The van der Waals surface area contributed by atoms with Crippen molar-refractivity contribution in [1.29, 1.82) is 0 Å². The van der Waals surface area contributed by atoms with Crippen LogP contribution in [0.2, 0.25) is 0 Å². The maximum Gasteiger partial charge on any atom is 0.244 e. The van der Waals surface area contributed by atoms with Crippen LogP contribution in [0.4, 0.5) is 10.1 Å². The molecule has 0 aliphatic rings. The van der Waals surface area contributed by atoms with Gasteiger partial charge >= 0.3 is 0 Å². The smallest absolute Gasteiger partial charge is 0.244 e. The molecule has 2 aromatic rings. The molecule has 2 aromatic carbocycles. The highest BCUT2D eigenvalue weighted by Crippen LogP contribution is 2.30. The number of nitrogens with one attached hydrogen (secondary N) is 1. The lowest BCUT2D eigenvalue weighted by Crippen LogP contribution is -2.53. The summed E-state index contributed by atoms with van der Waals surface area (Å²) in [6.45, 7) is 7.16. The Morgan fingerprint density at radius 1 is 1.03 bits per heavy atom. The molecule has 2 amide bonds. The lowest BCUT2D eigenvalue weighted by atomic mass is 10.1. The number of carbonyl (C=O) groups excluding carboxylic acids is 2. The lowest BCUT2D eigenvalue weighted by Gasteiger charge is -2.33. The predicted octanol–water partition coefficient (Wildman–Crippen LogP) is 3.71. The van der Waals surface area contributed by atoms with Gasteiger partial charge in [-0.3, -0.25) is 13.9 Å². The van der Waals surface area contributed by atoms with Gasteiger partial charge in [0.2, 0.25) is 21.8 Å². The average Bonchev–Trinajstić information content (AvgIpc) is 2.83. The molecular formula is C26H36FN3O5S. The molecule has 8 nitrogen and oxygen atoms in total. The van der Waals surface area contributed by atoms with E-state index >= 15 is 0 Å². The minimum Gasteiger partial charge on any atom is -0.492 e. The Morgan fingerprint density at radius 2 is 1.67 bits per heavy atom. The van der Waals surface area contributed by atoms with Gasteiger partial charge in [0.1, 0.15) is 24.2 Å². The van der Waals surface area contributed by atoms with Gasteiger partial charge in [-0.1, -0.05) is 38.1 Å². The zero-order valence-electron chi connectivity index (χ0n) is 21.5. The summed E-state index contributed by atoms with van der Waals surface area (Å²) < 4.78 is 45.6. The van der Waals surface area contributed by atoms with Crippen molar-refractivity contribution in [3.05, 3.63) is 59.9 Å². The minimum atomic E-state index is -3.89. The van der Waals surface area contributed by atoms with E-state index in [0.29, 0.717) is 30.8 Å². The van der Waals surface area contributed by atoms with Gasteiger partial charge in [0, 0.05) is 12.6 Å². The summed E-state index contributed by atoms with van der Waals surface area (Å²) in [5.74, 6) is -0.996. The van der Waals surface area contributed by atoms with Gasteiger partial charge in [0.05, 0.1) is 18.6 Å². The topological polar surface area (TPSA) is 96.0 Å². The largest absolute Gasteiger partial charge is 0.492 e. The van der Waals surface area contributed by atoms with Crippen LogP contribution >= 0.6 is 0 Å². The van der Waals surface area contributed by atoms with Crippen molar-refractivity contribution in [1.82, 2.24) is 10.2 Å². The normalized spacial score (nSPS) is 12.9. The minimum absolute atomic E-state index is 0.0102. The van der Waals surface area contributed by atoms with E-state index in [1.165, 1.54) is 29.2 Å². The Bertz CT molecular complexity index is 1120. The molecule has 2 rings (SSSR count). The molecule has 0 heterocycles. The van der Waals surface area contributed by atoms with E-state index in [0.717, 1.165) is 10.6 Å². The van der Waals surface area contributed by atoms with Crippen molar-refractivity contribution in [3.8, 4) is 5.75 Å². The van der Waals surface area contributed by atoms with E-state index in [-0.39, 0.29) is 24.2 Å². The molecule has 10 heteroatoms. The lowest BCUT2D eigenvalue weighted by molar-refractivity contribution is -0.140. The maximum absolute atomic E-state index is 13.7. The van der Waals surface area contributed by atoms with Crippen LogP contribution in [0.15, 0.2) is 48.5 Å². The Balaban J connectivity index is 2.47. The number of sulfonamides is 1. The number of nitrogens with zero attached hydrogens (tertiary/aromatic N) is 2. The third kappa shape index (κ3) is 7.94. The van der Waals surface area contributed by atoms with Gasteiger partial charge in [-0.25, -0.2) is 12.8 Å². The molecule has 0 aromatic heterocycles. The van der Waals surface area contributed by atoms with Crippen LogP contribution in [0, 0.1) is 5.82 Å². The highest BCUT2D eigenvalue weighted by Gasteiger charge is 2.32. The van der Waals surface area contributed by atoms with E-state index < -0.39 is 34.3 Å². The van der Waals surface area contributed by atoms with Gasteiger partial charge in [-0.15, -0.1) is 0 Å². The van der Waals surface area contributed by atoms with E-state index in [1.54, 1.807) is 38.1 Å². The molecule has 0 spiro atoms. The van der Waals surface area contributed by atoms with E-state index in [4.69, 9.17) is 4.74 Å². The molecule has 0 radical (unpaired) electrons. The number of amides is 2. The van der Waals surface area contributed by atoms with Crippen LogP contribution in [0.1, 0.15) is 46.1 Å². The van der Waals surface area contributed by atoms with Crippen molar-refractivity contribution in [2.75, 3.05) is 23.7 Å². The number of para-hydroxylation sites is 2. The number of anilines is 1. The van der Waals surface area contributed by atoms with Crippen LogP contribution in [-0.2, 0) is 26.2 Å². The SMILES string of the molecule is CCOc1ccccc1N(CC(=O)N(Cc1ccc(F)cc1)[C@H](CC)C(=O)N[C@@H](C)CC)S(C)(=O)=O. The van der Waals surface area contributed by atoms with Gasteiger partial charge in [0.15, 0.2) is 0 Å². The summed E-state index contributed by atoms with van der Waals surface area (Å²) in [5.41, 5.74) is 0.842. The summed E-state index contributed by atoms with van der Waals surface area (Å²) in [7, 11) is -3.89. The first-order chi connectivity index (χ1) is 17.0. The van der Waals surface area contributed by atoms with Crippen LogP contribution < -0.4 is 14.4 Å². The maximum atomic E-state index is 13.7. The number of ether oxygens (including phenoxy) is 1. The van der Waals surface area contributed by atoms with Crippen LogP contribution in [0.25, 0.3) is 0 Å².